The standard InChI is InChI=1S/C18H18Br2ClN3O/c19-15-9-14(18(25)16(20)10-15)11-22-24-7-5-23(6-8-24)12-13-3-1-2-4-17(13)21/h1-4,9-11,25H,5-8,12H2/p+1/b22-11+. The van der Waals surface area contributed by atoms with Crippen molar-refractivity contribution < 1.29 is 10.0 Å². The van der Waals surface area contributed by atoms with E-state index in [1.54, 1.807) is 6.21 Å². The molecule has 2 N–H and O–H groups in total. The van der Waals surface area contributed by atoms with Crippen molar-refractivity contribution in [2.24, 2.45) is 5.10 Å². The van der Waals surface area contributed by atoms with E-state index in [0.29, 0.717) is 10.0 Å². The van der Waals surface area contributed by atoms with Crippen LogP contribution in [0.4, 0.5) is 0 Å². The number of aromatic hydroxyl groups is 1. The molecule has 0 aromatic heterocycles. The SMILES string of the molecule is Oc1c(Br)cc(Br)cc1/C=N/N1CC[NH+](Cc2ccccc2Cl)CC1. The third kappa shape index (κ3) is 4.97. The van der Waals surface area contributed by atoms with Gasteiger partial charge < -0.3 is 10.0 Å². The summed E-state index contributed by atoms with van der Waals surface area (Å²) in [7, 11) is 0. The van der Waals surface area contributed by atoms with E-state index >= 15 is 0 Å². The fourth-order valence-electron chi connectivity index (χ4n) is 2.84. The molecule has 1 fully saturated rings. The van der Waals surface area contributed by atoms with Gasteiger partial charge in [-0.15, -0.1) is 0 Å². The van der Waals surface area contributed by atoms with Crippen LogP contribution in [0, 0.1) is 0 Å². The van der Waals surface area contributed by atoms with Crippen molar-refractivity contribution in [1.82, 2.24) is 5.01 Å². The Morgan fingerprint density at radius 3 is 2.64 bits per heavy atom. The Morgan fingerprint density at radius 2 is 1.92 bits per heavy atom. The first-order chi connectivity index (χ1) is 12.0. The molecule has 2 aromatic rings. The molecule has 7 heteroatoms. The lowest BCUT2D eigenvalue weighted by atomic mass is 10.2. The van der Waals surface area contributed by atoms with E-state index in [9.17, 15) is 5.11 Å². The van der Waals surface area contributed by atoms with Gasteiger partial charge in [-0.05, 0) is 34.1 Å². The number of piperazine rings is 1. The summed E-state index contributed by atoms with van der Waals surface area (Å²) in [6.45, 7) is 4.72. The topological polar surface area (TPSA) is 40.3 Å². The normalized spacial score (nSPS) is 15.9. The van der Waals surface area contributed by atoms with Crippen LogP contribution >= 0.6 is 43.5 Å². The number of hydrogen-bond donors (Lipinski definition) is 2. The van der Waals surface area contributed by atoms with Crippen LogP contribution in [0.1, 0.15) is 11.1 Å². The van der Waals surface area contributed by atoms with Crippen LogP contribution in [0.15, 0.2) is 50.4 Å². The molecule has 0 radical (unpaired) electrons. The minimum atomic E-state index is 0.204. The number of phenolic OH excluding ortho intramolecular Hbond substituents is 1. The molecule has 132 valence electrons. The molecule has 4 nitrogen and oxygen atoms in total. The van der Waals surface area contributed by atoms with Gasteiger partial charge in [0.05, 0.1) is 36.9 Å². The van der Waals surface area contributed by atoms with Gasteiger partial charge in [-0.3, -0.25) is 5.01 Å². The first kappa shape index (κ1) is 18.7. The van der Waals surface area contributed by atoms with Gasteiger partial charge in [-0.1, -0.05) is 45.7 Å². The summed E-state index contributed by atoms with van der Waals surface area (Å²) in [5.41, 5.74) is 1.88. The first-order valence-corrected chi connectivity index (χ1v) is 10.0. The molecule has 1 saturated heterocycles. The molecule has 25 heavy (non-hydrogen) atoms. The number of phenols is 1. The monoisotopic (exact) mass is 486 g/mol. The zero-order chi connectivity index (χ0) is 17.8. The van der Waals surface area contributed by atoms with Crippen molar-refractivity contribution >= 4 is 49.7 Å². The Morgan fingerprint density at radius 1 is 1.20 bits per heavy atom. The fourth-order valence-corrected chi connectivity index (χ4v) is 4.30. The summed E-state index contributed by atoms with van der Waals surface area (Å²) in [4.78, 5) is 1.51. The lowest BCUT2D eigenvalue weighted by molar-refractivity contribution is -0.918. The quantitative estimate of drug-likeness (QED) is 0.649. The van der Waals surface area contributed by atoms with E-state index in [1.807, 2.05) is 35.3 Å². The van der Waals surface area contributed by atoms with Gasteiger partial charge in [-0.2, -0.15) is 5.10 Å². The third-order valence-corrected chi connectivity index (χ3v) is 5.69. The molecule has 1 heterocycles. The van der Waals surface area contributed by atoms with Crippen LogP contribution in [-0.2, 0) is 6.54 Å². The molecule has 1 aliphatic heterocycles. The molecule has 0 aliphatic carbocycles. The van der Waals surface area contributed by atoms with E-state index in [0.717, 1.165) is 42.2 Å². The van der Waals surface area contributed by atoms with Gasteiger partial charge in [0.15, 0.2) is 0 Å². The second kappa shape index (κ2) is 8.54. The maximum absolute atomic E-state index is 10.1. The Bertz CT molecular complexity index is 777. The largest absolute Gasteiger partial charge is 0.506 e. The maximum atomic E-state index is 10.1. The Hall–Kier alpha value is -1.08. The fraction of sp³-hybridized carbons (Fsp3) is 0.278. The van der Waals surface area contributed by atoms with E-state index in [1.165, 1.54) is 10.5 Å². The van der Waals surface area contributed by atoms with Crippen LogP contribution in [0.25, 0.3) is 0 Å². The Labute approximate surface area is 169 Å². The minimum Gasteiger partial charge on any atom is -0.506 e. The second-order valence-electron chi connectivity index (χ2n) is 6.04. The summed E-state index contributed by atoms with van der Waals surface area (Å²) in [5.74, 6) is 0.204. The summed E-state index contributed by atoms with van der Waals surface area (Å²) in [6, 6.07) is 11.7. The molecule has 0 bridgehead atoms. The van der Waals surface area contributed by atoms with Crippen molar-refractivity contribution in [3.8, 4) is 5.75 Å². The highest BCUT2D eigenvalue weighted by atomic mass is 79.9. The van der Waals surface area contributed by atoms with Crippen molar-refractivity contribution in [1.29, 1.82) is 0 Å². The van der Waals surface area contributed by atoms with Gasteiger partial charge in [-0.25, -0.2) is 0 Å². The van der Waals surface area contributed by atoms with E-state index in [2.05, 4.69) is 43.0 Å². The van der Waals surface area contributed by atoms with Gasteiger partial charge >= 0.3 is 0 Å². The number of nitrogens with one attached hydrogen (secondary N) is 1. The maximum Gasteiger partial charge on any atom is 0.138 e. The average Bonchev–Trinajstić information content (AvgIpc) is 2.60. The van der Waals surface area contributed by atoms with Crippen molar-refractivity contribution in [3.05, 3.63) is 61.5 Å². The highest BCUT2D eigenvalue weighted by Crippen LogP contribution is 2.30. The van der Waals surface area contributed by atoms with Gasteiger partial charge in [0.25, 0.3) is 0 Å². The number of rotatable bonds is 4. The predicted molar refractivity (Wildman–Crippen MR) is 109 cm³/mol. The molecule has 2 aromatic carbocycles. The van der Waals surface area contributed by atoms with Gasteiger partial charge in [0.2, 0.25) is 0 Å². The second-order valence-corrected chi connectivity index (χ2v) is 8.22. The van der Waals surface area contributed by atoms with Crippen LogP contribution in [0.2, 0.25) is 5.02 Å². The van der Waals surface area contributed by atoms with E-state index in [4.69, 9.17) is 11.6 Å². The van der Waals surface area contributed by atoms with Crippen molar-refractivity contribution in [2.75, 3.05) is 26.2 Å². The molecule has 0 unspecified atom stereocenters. The average molecular weight is 489 g/mol. The highest BCUT2D eigenvalue weighted by Gasteiger charge is 2.19. The molecule has 0 saturated carbocycles. The zero-order valence-corrected chi connectivity index (χ0v) is 17.5. The third-order valence-electron chi connectivity index (χ3n) is 4.26. The summed E-state index contributed by atoms with van der Waals surface area (Å²) >= 11 is 13.0. The number of halogens is 3. The number of benzene rings is 2. The molecule has 0 spiro atoms. The predicted octanol–water partition coefficient (Wildman–Crippen LogP) is 3.31. The van der Waals surface area contributed by atoms with Crippen LogP contribution in [0.3, 0.4) is 0 Å². The summed E-state index contributed by atoms with van der Waals surface area (Å²) in [6.07, 6.45) is 1.71. The number of quaternary nitrogens is 1. The molecular weight excluding hydrogens is 469 g/mol. The van der Waals surface area contributed by atoms with Crippen LogP contribution in [-0.4, -0.2) is 42.5 Å². The molecule has 1 aliphatic rings. The Balaban J connectivity index is 1.57. The van der Waals surface area contributed by atoms with Crippen LogP contribution < -0.4 is 4.90 Å². The molecule has 3 rings (SSSR count). The summed E-state index contributed by atoms with van der Waals surface area (Å²) in [5, 5.41) is 17.5. The lowest BCUT2D eigenvalue weighted by Gasteiger charge is -2.30. The summed E-state index contributed by atoms with van der Waals surface area (Å²) < 4.78 is 1.55. The lowest BCUT2D eigenvalue weighted by Crippen LogP contribution is -3.13. The van der Waals surface area contributed by atoms with Crippen molar-refractivity contribution in [3.63, 3.8) is 0 Å². The number of hydrogen-bond acceptors (Lipinski definition) is 3. The highest BCUT2D eigenvalue weighted by molar-refractivity contribution is 9.11. The first-order valence-electron chi connectivity index (χ1n) is 8.07. The van der Waals surface area contributed by atoms with Gasteiger partial charge in [0, 0.05) is 20.6 Å². The van der Waals surface area contributed by atoms with Crippen LogP contribution in [0.5, 0.6) is 5.75 Å². The van der Waals surface area contributed by atoms with E-state index in [-0.39, 0.29) is 5.75 Å². The number of nitrogens with zero attached hydrogens (tertiary/aromatic N) is 2. The molecular formula is C18H19Br2ClN3O+. The minimum absolute atomic E-state index is 0.204. The molecule has 0 amide bonds. The van der Waals surface area contributed by atoms with Gasteiger partial charge in [0.1, 0.15) is 12.3 Å². The zero-order valence-electron chi connectivity index (χ0n) is 13.6. The van der Waals surface area contributed by atoms with Crippen molar-refractivity contribution in [2.45, 2.75) is 6.54 Å². The molecule has 0 atom stereocenters. The Kier molecular flexibility index (Phi) is 6.39. The van der Waals surface area contributed by atoms with E-state index < -0.39 is 0 Å². The number of hydrazone groups is 1. The smallest absolute Gasteiger partial charge is 0.138 e.